The maximum atomic E-state index is 13.9. The van der Waals surface area contributed by atoms with E-state index >= 15 is 0 Å². The van der Waals surface area contributed by atoms with Crippen molar-refractivity contribution in [3.05, 3.63) is 48.4 Å². The Hall–Kier alpha value is -2.83. The molecule has 1 aromatic carbocycles. The Bertz CT molecular complexity index is 1110. The fraction of sp³-hybridized carbons (Fsp3) is 0.600. The number of carbonyl (C=O) groups is 1. The summed E-state index contributed by atoms with van der Waals surface area (Å²) < 4.78 is 13.9. The maximum Gasteiger partial charge on any atom is 0.217 e. The van der Waals surface area contributed by atoms with Gasteiger partial charge in [-0.05, 0) is 87.5 Å². The van der Waals surface area contributed by atoms with Crippen LogP contribution in [0.15, 0.2) is 42.6 Å². The van der Waals surface area contributed by atoms with Crippen LogP contribution in [0.2, 0.25) is 0 Å². The number of aromatic nitrogens is 1. The molecule has 37 heavy (non-hydrogen) atoms. The third-order valence-electron chi connectivity index (χ3n) is 9.62. The predicted octanol–water partition coefficient (Wildman–Crippen LogP) is 5.13. The summed E-state index contributed by atoms with van der Waals surface area (Å²) in [6.07, 6.45) is 12.5. The van der Waals surface area contributed by atoms with Gasteiger partial charge in [0.05, 0.1) is 12.1 Å². The monoisotopic (exact) mass is 505 g/mol. The summed E-state index contributed by atoms with van der Waals surface area (Å²) in [6, 6.07) is 12.7. The van der Waals surface area contributed by atoms with Crippen LogP contribution in [0.3, 0.4) is 0 Å². The van der Waals surface area contributed by atoms with E-state index in [-0.39, 0.29) is 11.7 Å². The maximum absolute atomic E-state index is 13.9. The molecule has 2 atom stereocenters. The molecule has 1 spiro atoms. The minimum Gasteiger partial charge on any atom is -0.371 e. The van der Waals surface area contributed by atoms with Crippen molar-refractivity contribution in [2.24, 2.45) is 5.41 Å². The van der Waals surface area contributed by atoms with Gasteiger partial charge in [0.1, 0.15) is 11.6 Å². The van der Waals surface area contributed by atoms with E-state index in [1.165, 1.54) is 37.4 Å². The fourth-order valence-corrected chi connectivity index (χ4v) is 7.61. The van der Waals surface area contributed by atoms with E-state index < -0.39 is 0 Å². The smallest absolute Gasteiger partial charge is 0.217 e. The molecule has 4 aliphatic rings. The summed E-state index contributed by atoms with van der Waals surface area (Å²) >= 11 is 0. The number of amides is 1. The molecule has 198 valence electrons. The lowest BCUT2D eigenvalue weighted by Crippen LogP contribution is -2.50. The summed E-state index contributed by atoms with van der Waals surface area (Å²) in [7, 11) is 0. The van der Waals surface area contributed by atoms with Crippen molar-refractivity contribution >= 4 is 23.1 Å². The molecule has 0 radical (unpaired) electrons. The number of fused-ring (bicyclic) bond motifs is 1. The number of halogens is 1. The molecule has 0 unspecified atom stereocenters. The number of hydrogen-bond acceptors (Lipinski definition) is 5. The number of carbonyl (C=O) groups excluding carboxylic acids is 1. The summed E-state index contributed by atoms with van der Waals surface area (Å²) in [5.74, 6) is 1.03. The molecule has 3 saturated heterocycles. The molecule has 7 heteroatoms. The Kier molecular flexibility index (Phi) is 6.72. The van der Waals surface area contributed by atoms with Gasteiger partial charge in [-0.1, -0.05) is 6.07 Å². The minimum atomic E-state index is -0.159. The average molecular weight is 506 g/mol. The van der Waals surface area contributed by atoms with E-state index in [0.29, 0.717) is 23.5 Å². The summed E-state index contributed by atoms with van der Waals surface area (Å²) in [5.41, 5.74) is 2.74. The van der Waals surface area contributed by atoms with Crippen LogP contribution < -0.4 is 20.0 Å². The molecule has 1 N–H and O–H groups in total. The third kappa shape index (κ3) is 5.01. The van der Waals surface area contributed by atoms with Gasteiger partial charge >= 0.3 is 0 Å². The second-order valence-corrected chi connectivity index (χ2v) is 11.8. The van der Waals surface area contributed by atoms with Crippen molar-refractivity contribution < 1.29 is 9.18 Å². The summed E-state index contributed by atoms with van der Waals surface area (Å²) in [4.78, 5) is 23.7. The Morgan fingerprint density at radius 2 is 1.70 bits per heavy atom. The first-order valence-corrected chi connectivity index (χ1v) is 14.3. The van der Waals surface area contributed by atoms with Gasteiger partial charge in [-0.2, -0.15) is 0 Å². The van der Waals surface area contributed by atoms with Crippen LogP contribution in [-0.2, 0) is 4.79 Å². The highest BCUT2D eigenvalue weighted by molar-refractivity contribution is 5.73. The number of pyridine rings is 1. The Morgan fingerprint density at radius 3 is 2.46 bits per heavy atom. The molecule has 3 aliphatic heterocycles. The predicted molar refractivity (Wildman–Crippen MR) is 147 cm³/mol. The number of rotatable bonds is 4. The van der Waals surface area contributed by atoms with Crippen LogP contribution in [0.4, 0.5) is 21.6 Å². The first-order valence-electron chi connectivity index (χ1n) is 14.3. The van der Waals surface area contributed by atoms with E-state index in [9.17, 15) is 9.18 Å². The second-order valence-electron chi connectivity index (χ2n) is 11.8. The lowest BCUT2D eigenvalue weighted by Gasteiger charge is -2.46. The molecule has 4 fully saturated rings. The molecule has 0 bridgehead atoms. The number of piperidine rings is 2. The normalized spacial score (nSPS) is 25.8. The first kappa shape index (κ1) is 24.5. The standard InChI is InChI=1S/C30H40FN5O/c1-22(37)33-24-7-11-30(12-8-24)13-18-34(19-14-30)25-9-15-32-29(21-25)36-17-10-28-27(36)6-3-16-35(28)26-5-2-4-23(31)20-26/h2,4-5,9,15,20-21,24,27-28H,3,6-8,10-14,16-19H2,1H3,(H,33,37)/t27-,28-/m1/s1. The van der Waals surface area contributed by atoms with Crippen LogP contribution in [0.25, 0.3) is 0 Å². The zero-order chi connectivity index (χ0) is 25.4. The van der Waals surface area contributed by atoms with E-state index in [4.69, 9.17) is 4.98 Å². The van der Waals surface area contributed by atoms with Crippen LogP contribution >= 0.6 is 0 Å². The van der Waals surface area contributed by atoms with Crippen LogP contribution in [0, 0.1) is 11.2 Å². The Balaban J connectivity index is 1.10. The number of hydrogen-bond donors (Lipinski definition) is 1. The van der Waals surface area contributed by atoms with Gasteiger partial charge in [-0.25, -0.2) is 9.37 Å². The first-order chi connectivity index (χ1) is 18.0. The summed E-state index contributed by atoms with van der Waals surface area (Å²) in [6.45, 7) is 5.80. The summed E-state index contributed by atoms with van der Waals surface area (Å²) in [5, 5.41) is 3.12. The average Bonchev–Trinajstić information content (AvgIpc) is 3.35. The molecule has 1 aromatic heterocycles. The fourth-order valence-electron chi connectivity index (χ4n) is 7.61. The highest BCUT2D eigenvalue weighted by Gasteiger charge is 2.41. The molecule has 1 aliphatic carbocycles. The largest absolute Gasteiger partial charge is 0.371 e. The van der Waals surface area contributed by atoms with Crippen LogP contribution in [0.5, 0.6) is 0 Å². The van der Waals surface area contributed by atoms with Gasteiger partial charge in [0.2, 0.25) is 5.91 Å². The van der Waals surface area contributed by atoms with Crippen molar-refractivity contribution in [2.75, 3.05) is 40.9 Å². The van der Waals surface area contributed by atoms with Crippen molar-refractivity contribution in [3.8, 4) is 0 Å². The van der Waals surface area contributed by atoms with Crippen molar-refractivity contribution in [3.63, 3.8) is 0 Å². The molecule has 6 rings (SSSR count). The zero-order valence-electron chi connectivity index (χ0n) is 22.0. The van der Waals surface area contributed by atoms with E-state index in [1.807, 2.05) is 18.3 Å². The lowest BCUT2D eigenvalue weighted by molar-refractivity contribution is -0.120. The van der Waals surface area contributed by atoms with Crippen molar-refractivity contribution in [1.29, 1.82) is 0 Å². The quantitative estimate of drug-likeness (QED) is 0.624. The van der Waals surface area contributed by atoms with Gasteiger partial charge in [0.15, 0.2) is 0 Å². The molecule has 1 saturated carbocycles. The SMILES string of the molecule is CC(=O)NC1CCC2(CC1)CCN(c1ccnc(N3CC[C@@H]4[C@H]3CCCN4c3cccc(F)c3)c1)CC2. The number of benzene rings is 1. The molecule has 1 amide bonds. The second kappa shape index (κ2) is 10.1. The topological polar surface area (TPSA) is 51.7 Å². The van der Waals surface area contributed by atoms with Gasteiger partial charge in [0, 0.05) is 62.8 Å². The Morgan fingerprint density at radius 1 is 0.919 bits per heavy atom. The van der Waals surface area contributed by atoms with Crippen molar-refractivity contribution in [1.82, 2.24) is 10.3 Å². The number of nitrogens with zero attached hydrogens (tertiary/aromatic N) is 4. The van der Waals surface area contributed by atoms with E-state index in [2.05, 4.69) is 32.1 Å². The molecule has 2 aromatic rings. The van der Waals surface area contributed by atoms with Crippen LogP contribution in [-0.4, -0.2) is 55.2 Å². The lowest BCUT2D eigenvalue weighted by atomic mass is 9.67. The molecule has 6 nitrogen and oxygen atoms in total. The van der Waals surface area contributed by atoms with Crippen LogP contribution in [0.1, 0.15) is 64.7 Å². The highest BCUT2D eigenvalue weighted by atomic mass is 19.1. The third-order valence-corrected chi connectivity index (χ3v) is 9.62. The number of nitrogens with one attached hydrogen (secondary N) is 1. The zero-order valence-corrected chi connectivity index (χ0v) is 22.0. The van der Waals surface area contributed by atoms with Crippen molar-refractivity contribution in [2.45, 2.75) is 82.8 Å². The van der Waals surface area contributed by atoms with E-state index in [0.717, 1.165) is 69.8 Å². The number of anilines is 3. The molecular weight excluding hydrogens is 465 g/mol. The Labute approximate surface area is 220 Å². The molecular formula is C30H40FN5O. The molecule has 4 heterocycles. The highest BCUT2D eigenvalue weighted by Crippen LogP contribution is 2.45. The van der Waals surface area contributed by atoms with Gasteiger partial charge in [-0.15, -0.1) is 0 Å². The minimum absolute atomic E-state index is 0.100. The van der Waals surface area contributed by atoms with Gasteiger partial charge in [0.25, 0.3) is 0 Å². The van der Waals surface area contributed by atoms with Gasteiger partial charge in [-0.3, -0.25) is 4.79 Å². The van der Waals surface area contributed by atoms with Gasteiger partial charge < -0.3 is 20.0 Å². The van der Waals surface area contributed by atoms with E-state index in [1.54, 1.807) is 13.0 Å².